The maximum absolute atomic E-state index is 14.0. The molecule has 190 valence electrons. The number of halogens is 3. The maximum Gasteiger partial charge on any atom is 0.252 e. The number of aromatic nitrogens is 2. The molecule has 2 atom stereocenters. The molecule has 1 saturated heterocycles. The third-order valence-corrected chi connectivity index (χ3v) is 7.58. The molecule has 1 aliphatic rings. The smallest absolute Gasteiger partial charge is 0.252 e. The number of benzene rings is 3. The highest BCUT2D eigenvalue weighted by Crippen LogP contribution is 2.40. The van der Waals surface area contributed by atoms with Crippen LogP contribution >= 0.6 is 15.9 Å². The Morgan fingerprint density at radius 2 is 1.81 bits per heavy atom. The summed E-state index contributed by atoms with van der Waals surface area (Å²) in [6.45, 7) is 2.10. The molecule has 6 nitrogen and oxygen atoms in total. The summed E-state index contributed by atoms with van der Waals surface area (Å²) < 4.78 is 36.7. The van der Waals surface area contributed by atoms with E-state index in [1.807, 2.05) is 30.5 Å². The largest absolute Gasteiger partial charge is 0.396 e. The van der Waals surface area contributed by atoms with Crippen LogP contribution in [0, 0.1) is 11.6 Å². The molecular formula is C27H25BrF2N4O2Si. The van der Waals surface area contributed by atoms with Crippen molar-refractivity contribution in [3.8, 4) is 16.9 Å². The average molecular weight is 584 g/mol. The number of anilines is 1. The quantitative estimate of drug-likeness (QED) is 0.271. The normalized spacial score (nSPS) is 19.6. The molecule has 1 amide bonds. The van der Waals surface area contributed by atoms with E-state index >= 15 is 0 Å². The Morgan fingerprint density at radius 3 is 2.49 bits per heavy atom. The van der Waals surface area contributed by atoms with E-state index in [9.17, 15) is 13.6 Å². The van der Waals surface area contributed by atoms with E-state index in [0.717, 1.165) is 15.7 Å². The molecule has 5 rings (SSSR count). The van der Waals surface area contributed by atoms with Crippen LogP contribution in [0.15, 0.2) is 77.4 Å². The van der Waals surface area contributed by atoms with Gasteiger partial charge < -0.3 is 15.4 Å². The Morgan fingerprint density at radius 1 is 1.11 bits per heavy atom. The van der Waals surface area contributed by atoms with Crippen LogP contribution in [0.3, 0.4) is 0 Å². The molecule has 0 aliphatic carbocycles. The molecule has 1 aromatic heterocycles. The number of amides is 1. The second-order valence-corrected chi connectivity index (χ2v) is 12.3. The molecular weight excluding hydrogens is 558 g/mol. The number of carbonyl (C=O) groups excluding carboxylic acids is 1. The van der Waals surface area contributed by atoms with Crippen molar-refractivity contribution in [1.29, 1.82) is 0 Å². The number of rotatable bonds is 6. The molecule has 2 N–H and O–H groups in total. The SMILES string of the molecule is C[C@]1([SiH3])O[C@@H](c2cn(-c3ccc(Br)cc3)nc2-c2ccc(F)cc2)N(CCc2ccc(N)c(F)c2)C1=O. The second kappa shape index (κ2) is 9.84. The Balaban J connectivity index is 1.55. The van der Waals surface area contributed by atoms with E-state index in [1.54, 1.807) is 34.7 Å². The molecule has 0 saturated carbocycles. The fourth-order valence-electron chi connectivity index (χ4n) is 4.40. The molecule has 0 bridgehead atoms. The molecule has 10 heteroatoms. The summed E-state index contributed by atoms with van der Waals surface area (Å²) in [5.74, 6) is -0.962. The Labute approximate surface area is 224 Å². The lowest BCUT2D eigenvalue weighted by molar-refractivity contribution is -0.131. The van der Waals surface area contributed by atoms with E-state index in [0.29, 0.717) is 40.0 Å². The zero-order valence-corrected chi connectivity index (χ0v) is 23.9. The van der Waals surface area contributed by atoms with Crippen LogP contribution in [-0.2, 0) is 16.0 Å². The van der Waals surface area contributed by atoms with Gasteiger partial charge in [0.15, 0.2) is 6.23 Å². The molecule has 37 heavy (non-hydrogen) atoms. The first-order chi connectivity index (χ1) is 17.6. The van der Waals surface area contributed by atoms with Gasteiger partial charge in [-0.15, -0.1) is 0 Å². The third-order valence-electron chi connectivity index (χ3n) is 6.39. The van der Waals surface area contributed by atoms with E-state index in [4.69, 9.17) is 15.6 Å². The molecule has 0 spiro atoms. The lowest BCUT2D eigenvalue weighted by Crippen LogP contribution is -2.39. The second-order valence-electron chi connectivity index (χ2n) is 9.45. The highest BCUT2D eigenvalue weighted by Gasteiger charge is 2.47. The minimum absolute atomic E-state index is 0.0821. The van der Waals surface area contributed by atoms with Crippen LogP contribution in [0.4, 0.5) is 14.5 Å². The molecule has 0 radical (unpaired) electrons. The Hall–Kier alpha value is -3.34. The number of nitrogens with zero attached hydrogens (tertiary/aromatic N) is 3. The summed E-state index contributed by atoms with van der Waals surface area (Å²) in [5.41, 5.74) is 9.21. The van der Waals surface area contributed by atoms with Crippen molar-refractivity contribution in [2.45, 2.75) is 24.8 Å². The summed E-state index contributed by atoms with van der Waals surface area (Å²) in [7, 11) is 0.474. The van der Waals surface area contributed by atoms with Crippen LogP contribution < -0.4 is 5.73 Å². The van der Waals surface area contributed by atoms with Gasteiger partial charge in [0.1, 0.15) is 22.6 Å². The number of hydrogen-bond acceptors (Lipinski definition) is 4. The minimum atomic E-state index is -0.934. The predicted molar refractivity (Wildman–Crippen MR) is 145 cm³/mol. The van der Waals surface area contributed by atoms with Crippen molar-refractivity contribution in [3.05, 3.63) is 100 Å². The summed E-state index contributed by atoms with van der Waals surface area (Å²) >= 11 is 3.45. The monoisotopic (exact) mass is 582 g/mol. The summed E-state index contributed by atoms with van der Waals surface area (Å²) in [4.78, 5) is 15.1. The van der Waals surface area contributed by atoms with E-state index in [1.165, 1.54) is 24.3 Å². The molecule has 4 aromatic rings. The van der Waals surface area contributed by atoms with Crippen LogP contribution in [-0.4, -0.2) is 42.6 Å². The van der Waals surface area contributed by atoms with Gasteiger partial charge in [-0.1, -0.05) is 22.0 Å². The van der Waals surface area contributed by atoms with Gasteiger partial charge in [-0.25, -0.2) is 13.5 Å². The molecule has 0 unspecified atom stereocenters. The van der Waals surface area contributed by atoms with Crippen molar-refractivity contribution >= 4 is 37.8 Å². The van der Waals surface area contributed by atoms with Gasteiger partial charge >= 0.3 is 0 Å². The van der Waals surface area contributed by atoms with Gasteiger partial charge in [0.25, 0.3) is 5.91 Å². The van der Waals surface area contributed by atoms with Crippen molar-refractivity contribution in [3.63, 3.8) is 0 Å². The number of ether oxygens (including phenoxy) is 1. The van der Waals surface area contributed by atoms with Gasteiger partial charge in [0.2, 0.25) is 0 Å². The van der Waals surface area contributed by atoms with Crippen LogP contribution in [0.2, 0.25) is 0 Å². The fraction of sp³-hybridized carbons (Fsp3) is 0.185. The summed E-state index contributed by atoms with van der Waals surface area (Å²) in [6.07, 6.45) is 1.56. The van der Waals surface area contributed by atoms with Gasteiger partial charge in [0, 0.05) is 28.3 Å². The highest BCUT2D eigenvalue weighted by atomic mass is 79.9. The Kier molecular flexibility index (Phi) is 6.74. The van der Waals surface area contributed by atoms with Gasteiger partial charge in [0.05, 0.1) is 21.6 Å². The molecule has 2 heterocycles. The lowest BCUT2D eigenvalue weighted by Gasteiger charge is -2.23. The zero-order valence-electron chi connectivity index (χ0n) is 20.3. The van der Waals surface area contributed by atoms with Crippen LogP contribution in [0.1, 0.15) is 24.3 Å². The van der Waals surface area contributed by atoms with Crippen molar-refractivity contribution in [2.75, 3.05) is 12.3 Å². The van der Waals surface area contributed by atoms with Crippen LogP contribution in [0.5, 0.6) is 0 Å². The van der Waals surface area contributed by atoms with Crippen molar-refractivity contribution < 1.29 is 18.3 Å². The maximum atomic E-state index is 14.0. The van der Waals surface area contributed by atoms with Crippen LogP contribution in [0.25, 0.3) is 16.9 Å². The lowest BCUT2D eigenvalue weighted by atomic mass is 10.1. The summed E-state index contributed by atoms with van der Waals surface area (Å²) in [5, 5.41) is 3.88. The van der Waals surface area contributed by atoms with Gasteiger partial charge in [-0.2, -0.15) is 5.10 Å². The number of hydrogen-bond donors (Lipinski definition) is 1. The predicted octanol–water partition coefficient (Wildman–Crippen LogP) is 4.34. The van der Waals surface area contributed by atoms with Gasteiger partial charge in [-0.05, 0) is 79.6 Å². The number of carbonyl (C=O) groups is 1. The Bertz CT molecular complexity index is 1460. The van der Waals surface area contributed by atoms with E-state index in [2.05, 4.69) is 15.9 Å². The zero-order chi connectivity index (χ0) is 26.3. The third kappa shape index (κ3) is 5.09. The first kappa shape index (κ1) is 25.3. The van der Waals surface area contributed by atoms with E-state index < -0.39 is 17.3 Å². The average Bonchev–Trinajstić information content (AvgIpc) is 3.40. The highest BCUT2D eigenvalue weighted by molar-refractivity contribution is 9.10. The van der Waals surface area contributed by atoms with Crippen molar-refractivity contribution in [1.82, 2.24) is 14.7 Å². The first-order valence-corrected chi connectivity index (χ1v) is 13.6. The topological polar surface area (TPSA) is 73.4 Å². The minimum Gasteiger partial charge on any atom is -0.396 e. The summed E-state index contributed by atoms with van der Waals surface area (Å²) in [6, 6.07) is 18.4. The first-order valence-electron chi connectivity index (χ1n) is 11.8. The molecule has 1 aliphatic heterocycles. The number of nitrogens with two attached hydrogens (primary N) is 1. The number of nitrogen functional groups attached to an aromatic ring is 1. The molecule has 1 fully saturated rings. The van der Waals surface area contributed by atoms with Gasteiger partial charge in [-0.3, -0.25) is 4.79 Å². The standard InChI is InChI=1S/C27H25BrF2N4O2Si/c1-27(37)26(35)33(13-12-16-2-11-23(31)22(30)14-16)25(36-27)21-15-34(20-9-5-18(28)6-10-20)32-24(21)17-3-7-19(29)8-4-17/h2-11,14-15,25H,12-13,31H2,1,37H3/t25-,27+/m0/s1. The van der Waals surface area contributed by atoms with E-state index in [-0.39, 0.29) is 17.4 Å². The van der Waals surface area contributed by atoms with Crippen molar-refractivity contribution in [2.24, 2.45) is 0 Å². The fourth-order valence-corrected chi connectivity index (χ4v) is 5.17. The molecule has 3 aromatic carbocycles.